The predicted molar refractivity (Wildman–Crippen MR) is 123 cm³/mol. The van der Waals surface area contributed by atoms with Gasteiger partial charge in [-0.3, -0.25) is 9.36 Å². The van der Waals surface area contributed by atoms with Gasteiger partial charge in [-0.2, -0.15) is 13.2 Å². The summed E-state index contributed by atoms with van der Waals surface area (Å²) >= 11 is 1.17. The fraction of sp³-hybridized carbons (Fsp3) is 0.261. The Hall–Kier alpha value is -3.47. The summed E-state index contributed by atoms with van der Waals surface area (Å²) in [5.74, 6) is 1.02. The number of aromatic nitrogens is 3. The van der Waals surface area contributed by atoms with Gasteiger partial charge in [0, 0.05) is 12.2 Å². The fourth-order valence-corrected chi connectivity index (χ4v) is 3.65. The van der Waals surface area contributed by atoms with Crippen LogP contribution in [0.4, 0.5) is 18.9 Å². The van der Waals surface area contributed by atoms with Crippen LogP contribution in [0.3, 0.4) is 0 Å². The minimum atomic E-state index is -4.46. The molecule has 0 atom stereocenters. The Morgan fingerprint density at radius 1 is 1.15 bits per heavy atom. The largest absolute Gasteiger partial charge is 0.494 e. The zero-order valence-corrected chi connectivity index (χ0v) is 19.2. The number of carbonyl (C=O) groups excluding carboxylic acids is 1. The Morgan fingerprint density at radius 2 is 1.91 bits per heavy atom. The summed E-state index contributed by atoms with van der Waals surface area (Å²) in [4.78, 5) is 12.3. The maximum absolute atomic E-state index is 12.9. The molecule has 0 bridgehead atoms. The van der Waals surface area contributed by atoms with E-state index in [1.165, 1.54) is 23.9 Å². The highest BCUT2D eigenvalue weighted by atomic mass is 32.2. The number of anilines is 1. The van der Waals surface area contributed by atoms with Gasteiger partial charge in [0.05, 0.1) is 17.9 Å². The number of benzene rings is 2. The molecule has 11 heteroatoms. The topological polar surface area (TPSA) is 78.3 Å². The SMILES string of the molecule is C=CCn1c(COc2cccc(C(F)(F)F)c2)nnc1SCC(=O)Nc1ccc(OCC)cc1. The molecule has 0 fully saturated rings. The van der Waals surface area contributed by atoms with Crippen molar-refractivity contribution in [3.63, 3.8) is 0 Å². The van der Waals surface area contributed by atoms with E-state index in [-0.39, 0.29) is 24.0 Å². The standard InChI is InChI=1S/C23H23F3N4O3S/c1-3-12-30-20(14-33-19-7-5-6-16(13-19)23(24,25)26)28-29-22(30)34-15-21(31)27-17-8-10-18(11-9-17)32-4-2/h3,5-11,13H,1,4,12,14-15H2,2H3,(H,27,31). The average Bonchev–Trinajstić information content (AvgIpc) is 3.19. The minimum absolute atomic E-state index is 0.0620. The molecule has 1 heterocycles. The van der Waals surface area contributed by atoms with Crippen LogP contribution in [0.15, 0.2) is 66.3 Å². The van der Waals surface area contributed by atoms with Crippen LogP contribution in [0.25, 0.3) is 0 Å². The number of carbonyl (C=O) groups is 1. The number of nitrogens with zero attached hydrogens (tertiary/aromatic N) is 3. The molecule has 34 heavy (non-hydrogen) atoms. The van der Waals surface area contributed by atoms with Crippen molar-refractivity contribution in [2.24, 2.45) is 0 Å². The number of hydrogen-bond donors (Lipinski definition) is 1. The Balaban J connectivity index is 1.60. The molecular formula is C23H23F3N4O3S. The highest BCUT2D eigenvalue weighted by molar-refractivity contribution is 7.99. The molecule has 3 rings (SSSR count). The Bertz CT molecular complexity index is 1120. The second-order valence-corrected chi connectivity index (χ2v) is 7.85. The molecule has 1 N–H and O–H groups in total. The van der Waals surface area contributed by atoms with Gasteiger partial charge >= 0.3 is 6.18 Å². The van der Waals surface area contributed by atoms with Crippen molar-refractivity contribution in [3.05, 3.63) is 72.6 Å². The Kier molecular flexibility index (Phi) is 8.58. The van der Waals surface area contributed by atoms with E-state index in [2.05, 4.69) is 22.1 Å². The maximum Gasteiger partial charge on any atom is 0.416 e. The van der Waals surface area contributed by atoms with Crippen LogP contribution < -0.4 is 14.8 Å². The summed E-state index contributed by atoms with van der Waals surface area (Å²) in [5, 5.41) is 11.4. The minimum Gasteiger partial charge on any atom is -0.494 e. The molecule has 2 aromatic carbocycles. The molecule has 0 radical (unpaired) electrons. The molecule has 0 aliphatic carbocycles. The first-order valence-electron chi connectivity index (χ1n) is 10.3. The zero-order valence-electron chi connectivity index (χ0n) is 18.3. The second-order valence-electron chi connectivity index (χ2n) is 6.91. The molecule has 0 saturated heterocycles. The lowest BCUT2D eigenvalue weighted by Gasteiger charge is -2.11. The fourth-order valence-electron chi connectivity index (χ4n) is 2.88. The van der Waals surface area contributed by atoms with E-state index >= 15 is 0 Å². The molecule has 0 unspecified atom stereocenters. The third-order valence-corrected chi connectivity index (χ3v) is 5.38. The molecule has 3 aromatic rings. The lowest BCUT2D eigenvalue weighted by atomic mass is 10.2. The van der Waals surface area contributed by atoms with Crippen molar-refractivity contribution in [2.45, 2.75) is 31.4 Å². The van der Waals surface area contributed by atoms with Crippen LogP contribution in [0.1, 0.15) is 18.3 Å². The van der Waals surface area contributed by atoms with Gasteiger partial charge in [-0.1, -0.05) is 23.9 Å². The smallest absolute Gasteiger partial charge is 0.416 e. The summed E-state index contributed by atoms with van der Waals surface area (Å²) in [6.07, 6.45) is -2.83. The number of ether oxygens (including phenoxy) is 2. The van der Waals surface area contributed by atoms with Gasteiger partial charge in [-0.15, -0.1) is 16.8 Å². The van der Waals surface area contributed by atoms with Gasteiger partial charge in [-0.25, -0.2) is 0 Å². The Labute approximate surface area is 199 Å². The van der Waals surface area contributed by atoms with Crippen molar-refractivity contribution >= 4 is 23.4 Å². The van der Waals surface area contributed by atoms with E-state index in [1.54, 1.807) is 34.9 Å². The Morgan fingerprint density at radius 3 is 2.59 bits per heavy atom. The lowest BCUT2D eigenvalue weighted by Crippen LogP contribution is -2.15. The summed E-state index contributed by atoms with van der Waals surface area (Å²) in [7, 11) is 0. The number of halogens is 3. The van der Waals surface area contributed by atoms with E-state index in [4.69, 9.17) is 9.47 Å². The highest BCUT2D eigenvalue weighted by Gasteiger charge is 2.30. The third kappa shape index (κ3) is 7.01. The molecular weight excluding hydrogens is 469 g/mol. The van der Waals surface area contributed by atoms with E-state index in [1.807, 2.05) is 6.92 Å². The average molecular weight is 493 g/mol. The van der Waals surface area contributed by atoms with Crippen molar-refractivity contribution < 1.29 is 27.4 Å². The van der Waals surface area contributed by atoms with Gasteiger partial charge in [0.1, 0.15) is 18.1 Å². The molecule has 180 valence electrons. The summed E-state index contributed by atoms with van der Waals surface area (Å²) in [5.41, 5.74) is -0.163. The number of rotatable bonds is 11. The number of alkyl halides is 3. The number of amides is 1. The maximum atomic E-state index is 12.9. The van der Waals surface area contributed by atoms with Crippen LogP contribution >= 0.6 is 11.8 Å². The molecule has 0 aliphatic heterocycles. The molecule has 0 saturated carbocycles. The van der Waals surface area contributed by atoms with Crippen LogP contribution in [-0.4, -0.2) is 33.0 Å². The van der Waals surface area contributed by atoms with Crippen molar-refractivity contribution in [1.82, 2.24) is 14.8 Å². The van der Waals surface area contributed by atoms with Crippen LogP contribution in [-0.2, 0) is 24.1 Å². The quantitative estimate of drug-likeness (QED) is 0.293. The van der Waals surface area contributed by atoms with Crippen molar-refractivity contribution in [3.8, 4) is 11.5 Å². The van der Waals surface area contributed by atoms with E-state index < -0.39 is 11.7 Å². The normalized spacial score (nSPS) is 11.2. The van der Waals surface area contributed by atoms with Gasteiger partial charge in [0.15, 0.2) is 11.0 Å². The van der Waals surface area contributed by atoms with Gasteiger partial charge < -0.3 is 14.8 Å². The van der Waals surface area contributed by atoms with E-state index in [0.29, 0.717) is 35.6 Å². The highest BCUT2D eigenvalue weighted by Crippen LogP contribution is 2.31. The number of nitrogens with one attached hydrogen (secondary N) is 1. The zero-order chi connectivity index (χ0) is 24.6. The lowest BCUT2D eigenvalue weighted by molar-refractivity contribution is -0.137. The molecule has 1 aromatic heterocycles. The predicted octanol–water partition coefficient (Wildman–Crippen LogP) is 5.19. The second kappa shape index (κ2) is 11.6. The van der Waals surface area contributed by atoms with Crippen LogP contribution in [0.2, 0.25) is 0 Å². The first-order valence-corrected chi connectivity index (χ1v) is 11.3. The number of thioether (sulfide) groups is 1. The number of allylic oxidation sites excluding steroid dienone is 1. The summed E-state index contributed by atoms with van der Waals surface area (Å²) < 4.78 is 51.3. The van der Waals surface area contributed by atoms with E-state index in [9.17, 15) is 18.0 Å². The first kappa shape index (κ1) is 25.2. The molecule has 7 nitrogen and oxygen atoms in total. The first-order chi connectivity index (χ1) is 16.3. The van der Waals surface area contributed by atoms with Gasteiger partial charge in [-0.05, 0) is 49.4 Å². The van der Waals surface area contributed by atoms with Crippen LogP contribution in [0, 0.1) is 0 Å². The number of hydrogen-bond acceptors (Lipinski definition) is 6. The van der Waals surface area contributed by atoms with Crippen molar-refractivity contribution in [2.75, 3.05) is 17.7 Å². The van der Waals surface area contributed by atoms with Crippen molar-refractivity contribution in [1.29, 1.82) is 0 Å². The third-order valence-electron chi connectivity index (χ3n) is 4.42. The summed E-state index contributed by atoms with van der Waals surface area (Å²) in [6, 6.07) is 11.6. The monoisotopic (exact) mass is 492 g/mol. The molecule has 0 spiro atoms. The van der Waals surface area contributed by atoms with Crippen LogP contribution in [0.5, 0.6) is 11.5 Å². The van der Waals surface area contributed by atoms with Gasteiger partial charge in [0.2, 0.25) is 5.91 Å². The molecule has 1 amide bonds. The summed E-state index contributed by atoms with van der Waals surface area (Å²) in [6.45, 7) is 6.40. The van der Waals surface area contributed by atoms with Gasteiger partial charge in [0.25, 0.3) is 0 Å². The molecule has 0 aliphatic rings. The van der Waals surface area contributed by atoms with E-state index in [0.717, 1.165) is 12.1 Å².